The molecule has 0 radical (unpaired) electrons. The number of rotatable bonds is 4. The number of anilines is 1. The van der Waals surface area contributed by atoms with Crippen LogP contribution >= 0.6 is 0 Å². The zero-order valence-corrected chi connectivity index (χ0v) is 16.0. The Hall–Kier alpha value is -2.79. The Bertz CT molecular complexity index is 899. The molecule has 0 aliphatic carbocycles. The van der Waals surface area contributed by atoms with E-state index in [1.54, 1.807) is 0 Å². The predicted molar refractivity (Wildman–Crippen MR) is 109 cm³/mol. The first-order chi connectivity index (χ1) is 13.2. The van der Waals surface area contributed by atoms with Crippen molar-refractivity contribution in [3.63, 3.8) is 0 Å². The first-order valence-corrected chi connectivity index (χ1v) is 9.45. The number of hydrogen-bond acceptors (Lipinski definition) is 5. The third-order valence-corrected chi connectivity index (χ3v) is 5.20. The van der Waals surface area contributed by atoms with Gasteiger partial charge in [-0.15, -0.1) is 0 Å². The van der Waals surface area contributed by atoms with Crippen molar-refractivity contribution >= 4 is 5.69 Å². The van der Waals surface area contributed by atoms with E-state index in [1.165, 1.54) is 22.4 Å². The van der Waals surface area contributed by atoms with Gasteiger partial charge in [-0.05, 0) is 31.0 Å². The summed E-state index contributed by atoms with van der Waals surface area (Å²) in [5.41, 5.74) is 6.01. The summed E-state index contributed by atoms with van der Waals surface area (Å²) < 4.78 is 0. The van der Waals surface area contributed by atoms with E-state index in [0.717, 1.165) is 44.1 Å². The highest BCUT2D eigenvalue weighted by atomic mass is 15.3. The van der Waals surface area contributed by atoms with Crippen molar-refractivity contribution in [3.8, 4) is 11.4 Å². The summed E-state index contributed by atoms with van der Waals surface area (Å²) in [6, 6.07) is 10.4. The average molecular weight is 359 g/mol. The lowest BCUT2D eigenvalue weighted by Gasteiger charge is -2.36. The summed E-state index contributed by atoms with van der Waals surface area (Å²) in [6.07, 6.45) is 7.75. The van der Waals surface area contributed by atoms with Crippen molar-refractivity contribution in [1.82, 2.24) is 19.9 Å². The topological polar surface area (TPSA) is 45.2 Å². The first kappa shape index (κ1) is 17.6. The molecule has 3 heterocycles. The summed E-state index contributed by atoms with van der Waals surface area (Å²) >= 11 is 0. The summed E-state index contributed by atoms with van der Waals surface area (Å²) in [7, 11) is 0. The SMILES string of the molecule is Cc1ccccc1-c1ncc(CN2CCN(c3ccncc3C)CC2)cn1. The highest BCUT2D eigenvalue weighted by molar-refractivity contribution is 5.59. The molecule has 1 aliphatic heterocycles. The molecule has 1 saturated heterocycles. The summed E-state index contributed by atoms with van der Waals surface area (Å²) in [5, 5.41) is 0. The second-order valence-corrected chi connectivity index (χ2v) is 7.16. The summed E-state index contributed by atoms with van der Waals surface area (Å²) in [6.45, 7) is 9.28. The van der Waals surface area contributed by atoms with E-state index in [0.29, 0.717) is 0 Å². The van der Waals surface area contributed by atoms with Gasteiger partial charge in [-0.1, -0.05) is 24.3 Å². The third-order valence-electron chi connectivity index (χ3n) is 5.20. The Balaban J connectivity index is 1.37. The molecule has 4 rings (SSSR count). The Labute approximate surface area is 160 Å². The minimum absolute atomic E-state index is 0.801. The monoisotopic (exact) mass is 359 g/mol. The number of aryl methyl sites for hydroxylation is 2. The summed E-state index contributed by atoms with van der Waals surface area (Å²) in [5.74, 6) is 0.801. The molecule has 0 N–H and O–H groups in total. The molecule has 1 aromatic carbocycles. The Morgan fingerprint density at radius 2 is 1.59 bits per heavy atom. The number of piperazine rings is 1. The van der Waals surface area contributed by atoms with Crippen LogP contribution in [-0.4, -0.2) is 46.0 Å². The van der Waals surface area contributed by atoms with E-state index >= 15 is 0 Å². The quantitative estimate of drug-likeness (QED) is 0.714. The van der Waals surface area contributed by atoms with Gasteiger partial charge in [0.05, 0.1) is 0 Å². The molecule has 5 nitrogen and oxygen atoms in total. The van der Waals surface area contributed by atoms with E-state index in [2.05, 4.69) is 56.8 Å². The maximum absolute atomic E-state index is 4.59. The molecule has 1 fully saturated rings. The van der Waals surface area contributed by atoms with Gasteiger partial charge in [0.2, 0.25) is 0 Å². The Kier molecular flexibility index (Phi) is 5.12. The second kappa shape index (κ2) is 7.84. The molecule has 2 aromatic heterocycles. The fourth-order valence-electron chi connectivity index (χ4n) is 3.63. The van der Waals surface area contributed by atoms with Crippen LogP contribution in [0, 0.1) is 13.8 Å². The van der Waals surface area contributed by atoms with Crippen molar-refractivity contribution in [1.29, 1.82) is 0 Å². The van der Waals surface area contributed by atoms with Crippen LogP contribution in [0.2, 0.25) is 0 Å². The number of pyridine rings is 1. The van der Waals surface area contributed by atoms with Crippen LogP contribution < -0.4 is 4.90 Å². The van der Waals surface area contributed by atoms with Crippen LogP contribution in [0.15, 0.2) is 55.1 Å². The molecule has 1 aliphatic rings. The average Bonchev–Trinajstić information content (AvgIpc) is 2.70. The van der Waals surface area contributed by atoms with Gasteiger partial charge in [0, 0.05) is 74.3 Å². The van der Waals surface area contributed by atoms with Crippen molar-refractivity contribution in [2.24, 2.45) is 0 Å². The number of aromatic nitrogens is 3. The Morgan fingerprint density at radius 1 is 0.852 bits per heavy atom. The van der Waals surface area contributed by atoms with Crippen molar-refractivity contribution in [2.45, 2.75) is 20.4 Å². The van der Waals surface area contributed by atoms with E-state index < -0.39 is 0 Å². The number of benzene rings is 1. The van der Waals surface area contributed by atoms with Crippen molar-refractivity contribution < 1.29 is 0 Å². The molecule has 5 heteroatoms. The molecule has 0 bridgehead atoms. The molecular weight excluding hydrogens is 334 g/mol. The van der Waals surface area contributed by atoms with Gasteiger partial charge in [0.15, 0.2) is 5.82 Å². The normalized spacial score (nSPS) is 15.1. The molecule has 27 heavy (non-hydrogen) atoms. The second-order valence-electron chi connectivity index (χ2n) is 7.16. The lowest BCUT2D eigenvalue weighted by molar-refractivity contribution is 0.249. The van der Waals surface area contributed by atoms with Crippen LogP contribution in [0.3, 0.4) is 0 Å². The lowest BCUT2D eigenvalue weighted by atomic mass is 10.1. The van der Waals surface area contributed by atoms with Crippen molar-refractivity contribution in [3.05, 3.63) is 71.8 Å². The molecule has 138 valence electrons. The molecule has 3 aromatic rings. The summed E-state index contributed by atoms with van der Waals surface area (Å²) in [4.78, 5) is 18.3. The van der Waals surface area contributed by atoms with E-state index in [1.807, 2.05) is 36.9 Å². The number of hydrogen-bond donors (Lipinski definition) is 0. The van der Waals surface area contributed by atoms with E-state index in [9.17, 15) is 0 Å². The van der Waals surface area contributed by atoms with Crippen molar-refractivity contribution in [2.75, 3.05) is 31.1 Å². The molecule has 0 spiro atoms. The zero-order valence-electron chi connectivity index (χ0n) is 16.0. The molecule has 0 atom stereocenters. The Morgan fingerprint density at radius 3 is 2.30 bits per heavy atom. The number of nitrogens with zero attached hydrogens (tertiary/aromatic N) is 5. The predicted octanol–water partition coefficient (Wildman–Crippen LogP) is 3.48. The highest BCUT2D eigenvalue weighted by Crippen LogP contribution is 2.21. The zero-order chi connectivity index (χ0) is 18.6. The fourth-order valence-corrected chi connectivity index (χ4v) is 3.63. The van der Waals surface area contributed by atoms with Crippen LogP contribution in [-0.2, 0) is 6.54 Å². The van der Waals surface area contributed by atoms with Gasteiger partial charge in [-0.3, -0.25) is 9.88 Å². The molecule has 0 amide bonds. The van der Waals surface area contributed by atoms with Gasteiger partial charge in [0.25, 0.3) is 0 Å². The van der Waals surface area contributed by atoms with Gasteiger partial charge in [0.1, 0.15) is 0 Å². The minimum Gasteiger partial charge on any atom is -0.369 e. The smallest absolute Gasteiger partial charge is 0.159 e. The van der Waals surface area contributed by atoms with Crippen LogP contribution in [0.25, 0.3) is 11.4 Å². The minimum atomic E-state index is 0.801. The maximum Gasteiger partial charge on any atom is 0.159 e. The van der Waals surface area contributed by atoms with Gasteiger partial charge in [-0.2, -0.15) is 0 Å². The third kappa shape index (κ3) is 3.98. The van der Waals surface area contributed by atoms with E-state index in [4.69, 9.17) is 0 Å². The van der Waals surface area contributed by atoms with E-state index in [-0.39, 0.29) is 0 Å². The fraction of sp³-hybridized carbons (Fsp3) is 0.318. The van der Waals surface area contributed by atoms with Crippen LogP contribution in [0.1, 0.15) is 16.7 Å². The van der Waals surface area contributed by atoms with Gasteiger partial charge in [-0.25, -0.2) is 9.97 Å². The highest BCUT2D eigenvalue weighted by Gasteiger charge is 2.18. The van der Waals surface area contributed by atoms with Gasteiger partial charge >= 0.3 is 0 Å². The molecular formula is C22H25N5. The molecule has 0 saturated carbocycles. The lowest BCUT2D eigenvalue weighted by Crippen LogP contribution is -2.46. The molecule has 0 unspecified atom stereocenters. The standard InChI is InChI=1S/C22H25N5/c1-17-5-3-4-6-20(17)22-24-14-19(15-25-22)16-26-9-11-27(12-10-26)21-7-8-23-13-18(21)2/h3-8,13-15H,9-12,16H2,1-2H3. The first-order valence-electron chi connectivity index (χ1n) is 9.45. The largest absolute Gasteiger partial charge is 0.369 e. The van der Waals surface area contributed by atoms with Crippen LogP contribution in [0.5, 0.6) is 0 Å². The van der Waals surface area contributed by atoms with Crippen LogP contribution in [0.4, 0.5) is 5.69 Å². The maximum atomic E-state index is 4.59. The van der Waals surface area contributed by atoms with Gasteiger partial charge < -0.3 is 4.90 Å².